The van der Waals surface area contributed by atoms with Crippen LogP contribution < -0.4 is 5.32 Å². The van der Waals surface area contributed by atoms with E-state index in [1.54, 1.807) is 6.20 Å². The van der Waals surface area contributed by atoms with Crippen LogP contribution in [0.5, 0.6) is 0 Å². The van der Waals surface area contributed by atoms with Crippen molar-refractivity contribution < 1.29 is 0 Å². The average molecular weight is 190 g/mol. The van der Waals surface area contributed by atoms with Gasteiger partial charge in [-0.2, -0.15) is 0 Å². The lowest BCUT2D eigenvalue weighted by molar-refractivity contribution is 0.883. The van der Waals surface area contributed by atoms with Crippen molar-refractivity contribution in [3.05, 3.63) is 24.3 Å². The summed E-state index contributed by atoms with van der Waals surface area (Å²) in [5.41, 5.74) is 1.86. The average Bonchev–Trinajstić information content (AvgIpc) is 2.50. The van der Waals surface area contributed by atoms with Crippen molar-refractivity contribution in [1.82, 2.24) is 14.4 Å². The van der Waals surface area contributed by atoms with E-state index in [0.29, 0.717) is 6.04 Å². The Morgan fingerprint density at radius 3 is 2.93 bits per heavy atom. The molecule has 4 heteroatoms. The zero-order valence-electron chi connectivity index (χ0n) is 8.65. The first-order chi connectivity index (χ1) is 6.66. The molecule has 2 rings (SSSR count). The highest BCUT2D eigenvalue weighted by Gasteiger charge is 2.05. The smallest absolute Gasteiger partial charge is 0.180 e. The standard InChI is InChI=1S/C10H14N4/c1-7(2)12-9-10-11-4-5-14(10)6-8(3)13-9/h4-7H,1-3H3,(H,12,13). The molecule has 2 heterocycles. The Kier molecular flexibility index (Phi) is 2.11. The van der Waals surface area contributed by atoms with Crippen molar-refractivity contribution in [1.29, 1.82) is 0 Å². The summed E-state index contributed by atoms with van der Waals surface area (Å²) in [4.78, 5) is 8.67. The summed E-state index contributed by atoms with van der Waals surface area (Å²) in [7, 11) is 0. The second-order valence-corrected chi connectivity index (χ2v) is 3.69. The molecule has 0 aromatic carbocycles. The monoisotopic (exact) mass is 190 g/mol. The van der Waals surface area contributed by atoms with Crippen molar-refractivity contribution in [2.24, 2.45) is 0 Å². The van der Waals surface area contributed by atoms with Gasteiger partial charge in [0.05, 0.1) is 5.69 Å². The van der Waals surface area contributed by atoms with E-state index in [4.69, 9.17) is 0 Å². The molecule has 0 unspecified atom stereocenters. The van der Waals surface area contributed by atoms with Crippen LogP contribution in [0.3, 0.4) is 0 Å². The molecule has 2 aromatic heterocycles. The van der Waals surface area contributed by atoms with E-state index in [1.807, 2.05) is 23.7 Å². The number of hydrogen-bond acceptors (Lipinski definition) is 3. The van der Waals surface area contributed by atoms with Crippen molar-refractivity contribution in [3.63, 3.8) is 0 Å². The van der Waals surface area contributed by atoms with Gasteiger partial charge in [-0.05, 0) is 20.8 Å². The van der Waals surface area contributed by atoms with Gasteiger partial charge in [-0.1, -0.05) is 0 Å². The Hall–Kier alpha value is -1.58. The molecule has 0 aliphatic carbocycles. The molecular weight excluding hydrogens is 176 g/mol. The Labute approximate surface area is 83.0 Å². The van der Waals surface area contributed by atoms with Gasteiger partial charge in [-0.25, -0.2) is 9.97 Å². The number of nitrogens with one attached hydrogen (secondary N) is 1. The highest BCUT2D eigenvalue weighted by atomic mass is 15.1. The number of fused-ring (bicyclic) bond motifs is 1. The molecule has 0 saturated carbocycles. The van der Waals surface area contributed by atoms with Gasteiger partial charge in [0.1, 0.15) is 0 Å². The minimum absolute atomic E-state index is 0.366. The van der Waals surface area contributed by atoms with Gasteiger partial charge >= 0.3 is 0 Å². The van der Waals surface area contributed by atoms with Gasteiger partial charge in [0.15, 0.2) is 11.5 Å². The van der Waals surface area contributed by atoms with Crippen LogP contribution in [0.25, 0.3) is 5.65 Å². The molecule has 0 aliphatic heterocycles. The summed E-state index contributed by atoms with van der Waals surface area (Å²) < 4.78 is 1.98. The molecule has 1 N–H and O–H groups in total. The molecule has 14 heavy (non-hydrogen) atoms. The van der Waals surface area contributed by atoms with Crippen molar-refractivity contribution in [2.45, 2.75) is 26.8 Å². The summed E-state index contributed by atoms with van der Waals surface area (Å²) in [5, 5.41) is 3.28. The van der Waals surface area contributed by atoms with Gasteiger partial charge in [0, 0.05) is 24.6 Å². The van der Waals surface area contributed by atoms with E-state index in [9.17, 15) is 0 Å². The molecule has 2 aromatic rings. The first-order valence-corrected chi connectivity index (χ1v) is 4.73. The van der Waals surface area contributed by atoms with Gasteiger partial charge in [-0.15, -0.1) is 0 Å². The fourth-order valence-electron chi connectivity index (χ4n) is 1.43. The molecule has 0 radical (unpaired) electrons. The normalized spacial score (nSPS) is 11.1. The van der Waals surface area contributed by atoms with Crippen LogP contribution in [0.1, 0.15) is 19.5 Å². The molecule has 74 valence electrons. The molecular formula is C10H14N4. The number of aromatic nitrogens is 3. The first kappa shape index (κ1) is 8.99. The predicted molar refractivity (Wildman–Crippen MR) is 56.5 cm³/mol. The molecule has 0 aliphatic rings. The van der Waals surface area contributed by atoms with Crippen LogP contribution in [0, 0.1) is 6.92 Å². The molecule has 0 amide bonds. The molecule has 0 bridgehead atoms. The van der Waals surface area contributed by atoms with Crippen molar-refractivity contribution in [3.8, 4) is 0 Å². The first-order valence-electron chi connectivity index (χ1n) is 4.73. The third-order valence-corrected chi connectivity index (χ3v) is 1.92. The predicted octanol–water partition coefficient (Wildman–Crippen LogP) is 1.86. The van der Waals surface area contributed by atoms with E-state index < -0.39 is 0 Å². The third-order valence-electron chi connectivity index (χ3n) is 1.92. The highest BCUT2D eigenvalue weighted by molar-refractivity contribution is 5.63. The lowest BCUT2D eigenvalue weighted by Gasteiger charge is -2.10. The molecule has 4 nitrogen and oxygen atoms in total. The number of anilines is 1. The Bertz CT molecular complexity index is 444. The fraction of sp³-hybridized carbons (Fsp3) is 0.400. The quantitative estimate of drug-likeness (QED) is 0.786. The van der Waals surface area contributed by atoms with Crippen molar-refractivity contribution >= 4 is 11.5 Å². The largest absolute Gasteiger partial charge is 0.365 e. The maximum Gasteiger partial charge on any atom is 0.180 e. The Morgan fingerprint density at radius 2 is 2.21 bits per heavy atom. The second kappa shape index (κ2) is 3.29. The van der Waals surface area contributed by atoms with E-state index in [2.05, 4.69) is 29.1 Å². The second-order valence-electron chi connectivity index (χ2n) is 3.69. The van der Waals surface area contributed by atoms with E-state index in [-0.39, 0.29) is 0 Å². The van der Waals surface area contributed by atoms with Crippen LogP contribution in [-0.2, 0) is 0 Å². The zero-order chi connectivity index (χ0) is 10.1. The topological polar surface area (TPSA) is 42.2 Å². The molecule has 0 saturated heterocycles. The van der Waals surface area contributed by atoms with Gasteiger partial charge < -0.3 is 9.72 Å². The van der Waals surface area contributed by atoms with Crippen LogP contribution >= 0.6 is 0 Å². The highest BCUT2D eigenvalue weighted by Crippen LogP contribution is 2.13. The Balaban J connectivity index is 2.55. The maximum absolute atomic E-state index is 4.42. The van der Waals surface area contributed by atoms with Crippen LogP contribution in [0.4, 0.5) is 5.82 Å². The summed E-state index contributed by atoms with van der Waals surface area (Å²) in [6.45, 7) is 6.15. The van der Waals surface area contributed by atoms with Crippen molar-refractivity contribution in [2.75, 3.05) is 5.32 Å². The number of hydrogen-bond donors (Lipinski definition) is 1. The van der Waals surface area contributed by atoms with Crippen LogP contribution in [0.15, 0.2) is 18.6 Å². The summed E-state index contributed by atoms with van der Waals surface area (Å²) in [5.74, 6) is 0.852. The van der Waals surface area contributed by atoms with Crippen LogP contribution in [0.2, 0.25) is 0 Å². The fourth-order valence-corrected chi connectivity index (χ4v) is 1.43. The maximum atomic E-state index is 4.42. The van der Waals surface area contributed by atoms with E-state index >= 15 is 0 Å². The van der Waals surface area contributed by atoms with E-state index in [1.165, 1.54) is 0 Å². The summed E-state index contributed by atoms with van der Waals surface area (Å²) in [6.07, 6.45) is 5.67. The summed E-state index contributed by atoms with van der Waals surface area (Å²) >= 11 is 0. The number of nitrogens with zero attached hydrogens (tertiary/aromatic N) is 3. The number of imidazole rings is 1. The van der Waals surface area contributed by atoms with Gasteiger partial charge in [0.25, 0.3) is 0 Å². The van der Waals surface area contributed by atoms with Gasteiger partial charge in [0.2, 0.25) is 0 Å². The van der Waals surface area contributed by atoms with E-state index in [0.717, 1.165) is 17.2 Å². The number of aryl methyl sites for hydroxylation is 1. The Morgan fingerprint density at radius 1 is 1.43 bits per heavy atom. The molecule has 0 atom stereocenters. The number of rotatable bonds is 2. The van der Waals surface area contributed by atoms with Gasteiger partial charge in [-0.3, -0.25) is 0 Å². The lowest BCUT2D eigenvalue weighted by Crippen LogP contribution is -2.12. The third kappa shape index (κ3) is 1.55. The minimum atomic E-state index is 0.366. The molecule has 0 spiro atoms. The lowest BCUT2D eigenvalue weighted by atomic mass is 10.4. The minimum Gasteiger partial charge on any atom is -0.365 e. The SMILES string of the molecule is Cc1cn2ccnc2c(NC(C)C)n1. The molecule has 0 fully saturated rings. The summed E-state index contributed by atoms with van der Waals surface area (Å²) in [6, 6.07) is 0.366. The van der Waals surface area contributed by atoms with Crippen LogP contribution in [-0.4, -0.2) is 20.4 Å². The zero-order valence-corrected chi connectivity index (χ0v) is 8.65.